The minimum Gasteiger partial charge on any atom is -0.422 e. The average Bonchev–Trinajstić information content (AvgIpc) is 3.07. The molecule has 4 rings (SSSR count). The first-order valence-electron chi connectivity index (χ1n) is 8.49. The van der Waals surface area contributed by atoms with Crippen molar-refractivity contribution in [2.75, 3.05) is 5.32 Å². The van der Waals surface area contributed by atoms with Crippen molar-refractivity contribution in [3.8, 4) is 0 Å². The number of anilines is 1. The van der Waals surface area contributed by atoms with E-state index in [1.54, 1.807) is 11.4 Å². The third-order valence-corrected chi connectivity index (χ3v) is 5.23. The van der Waals surface area contributed by atoms with Crippen LogP contribution in [-0.2, 0) is 11.2 Å². The molecule has 0 aliphatic carbocycles. The molecule has 2 aromatic carbocycles. The summed E-state index contributed by atoms with van der Waals surface area (Å²) in [6.07, 6.45) is 2.08. The summed E-state index contributed by atoms with van der Waals surface area (Å²) in [4.78, 5) is 24.5. The van der Waals surface area contributed by atoms with Gasteiger partial charge in [0.25, 0.3) is 0 Å². The van der Waals surface area contributed by atoms with E-state index in [-0.39, 0.29) is 11.5 Å². The van der Waals surface area contributed by atoms with E-state index in [1.807, 2.05) is 36.4 Å². The maximum Gasteiger partial charge on any atom is 0.345 e. The van der Waals surface area contributed by atoms with Crippen LogP contribution in [0.2, 0.25) is 0 Å². The van der Waals surface area contributed by atoms with Crippen molar-refractivity contribution in [2.45, 2.75) is 19.3 Å². The third-order valence-electron chi connectivity index (χ3n) is 4.34. The van der Waals surface area contributed by atoms with Gasteiger partial charge in [0.2, 0.25) is 5.91 Å². The number of carbonyl (C=O) groups is 1. The number of hydrogen-bond acceptors (Lipinski definition) is 4. The van der Waals surface area contributed by atoms with Crippen LogP contribution in [0.25, 0.3) is 21.7 Å². The van der Waals surface area contributed by atoms with Gasteiger partial charge in [-0.1, -0.05) is 48.5 Å². The monoisotopic (exact) mass is 363 g/mol. The Bertz CT molecular complexity index is 1130. The predicted molar refractivity (Wildman–Crippen MR) is 106 cm³/mol. The molecule has 4 aromatic rings. The smallest absolute Gasteiger partial charge is 0.345 e. The number of thiophene rings is 1. The van der Waals surface area contributed by atoms with E-state index in [0.717, 1.165) is 23.6 Å². The summed E-state index contributed by atoms with van der Waals surface area (Å²) in [5.41, 5.74) is 1.38. The van der Waals surface area contributed by atoms with Gasteiger partial charge >= 0.3 is 5.63 Å². The molecule has 130 valence electrons. The first-order valence-corrected chi connectivity index (χ1v) is 9.37. The van der Waals surface area contributed by atoms with Crippen LogP contribution in [-0.4, -0.2) is 5.91 Å². The quantitative estimate of drug-likeness (QED) is 0.509. The van der Waals surface area contributed by atoms with Gasteiger partial charge in [-0.15, -0.1) is 11.3 Å². The van der Waals surface area contributed by atoms with Crippen LogP contribution in [0.5, 0.6) is 0 Å². The Morgan fingerprint density at radius 1 is 1.00 bits per heavy atom. The van der Waals surface area contributed by atoms with Gasteiger partial charge in [0.15, 0.2) is 0 Å². The van der Waals surface area contributed by atoms with Gasteiger partial charge in [-0.05, 0) is 24.5 Å². The van der Waals surface area contributed by atoms with E-state index in [1.165, 1.54) is 16.9 Å². The highest BCUT2D eigenvalue weighted by molar-refractivity contribution is 7.16. The predicted octanol–water partition coefficient (Wildman–Crippen LogP) is 4.97. The third kappa shape index (κ3) is 3.26. The molecule has 0 atom stereocenters. The molecule has 4 nitrogen and oxygen atoms in total. The standard InChI is InChI=1S/C21H17NO3S/c23-18(12-6-9-14-7-2-1-3-8-14)22-20-19-15-10-4-5-11-17(15)25-21(24)16(19)13-26-20/h1-5,7-8,10-11,13H,6,9,12H2,(H,22,23). The van der Waals surface area contributed by atoms with Crippen LogP contribution in [0.4, 0.5) is 5.00 Å². The maximum absolute atomic E-state index is 12.4. The van der Waals surface area contributed by atoms with Crippen molar-refractivity contribution in [1.82, 2.24) is 0 Å². The van der Waals surface area contributed by atoms with E-state index in [2.05, 4.69) is 17.4 Å². The largest absolute Gasteiger partial charge is 0.422 e. The first-order chi connectivity index (χ1) is 12.7. The van der Waals surface area contributed by atoms with Crippen LogP contribution < -0.4 is 10.9 Å². The highest BCUT2D eigenvalue weighted by atomic mass is 32.1. The fourth-order valence-electron chi connectivity index (χ4n) is 3.07. The lowest BCUT2D eigenvalue weighted by molar-refractivity contribution is -0.116. The Balaban J connectivity index is 1.54. The van der Waals surface area contributed by atoms with Crippen molar-refractivity contribution in [3.63, 3.8) is 0 Å². The molecule has 0 spiro atoms. The summed E-state index contributed by atoms with van der Waals surface area (Å²) >= 11 is 1.36. The van der Waals surface area contributed by atoms with Gasteiger partial charge < -0.3 is 9.73 Å². The van der Waals surface area contributed by atoms with Crippen LogP contribution >= 0.6 is 11.3 Å². The number of para-hydroxylation sites is 1. The molecule has 0 saturated carbocycles. The van der Waals surface area contributed by atoms with E-state index >= 15 is 0 Å². The number of amides is 1. The summed E-state index contributed by atoms with van der Waals surface area (Å²) < 4.78 is 5.35. The number of fused-ring (bicyclic) bond motifs is 3. The van der Waals surface area contributed by atoms with E-state index in [4.69, 9.17) is 4.42 Å². The Labute approximate surface area is 154 Å². The van der Waals surface area contributed by atoms with E-state index in [0.29, 0.717) is 22.4 Å². The first kappa shape index (κ1) is 16.5. The highest BCUT2D eigenvalue weighted by Crippen LogP contribution is 2.34. The molecule has 0 unspecified atom stereocenters. The number of nitrogens with one attached hydrogen (secondary N) is 1. The van der Waals surface area contributed by atoms with E-state index in [9.17, 15) is 9.59 Å². The van der Waals surface area contributed by atoms with Gasteiger partial charge in [-0.25, -0.2) is 4.79 Å². The molecule has 0 aliphatic rings. The molecule has 0 aliphatic heterocycles. The number of benzene rings is 2. The van der Waals surface area contributed by atoms with E-state index < -0.39 is 0 Å². The summed E-state index contributed by atoms with van der Waals surface area (Å²) in [5.74, 6) is -0.0398. The average molecular weight is 363 g/mol. The summed E-state index contributed by atoms with van der Waals surface area (Å²) in [7, 11) is 0. The maximum atomic E-state index is 12.4. The molecular weight excluding hydrogens is 346 g/mol. The summed E-state index contributed by atoms with van der Waals surface area (Å²) in [6, 6.07) is 17.5. The fourth-order valence-corrected chi connectivity index (χ4v) is 4.03. The molecule has 1 N–H and O–H groups in total. The molecule has 2 heterocycles. The van der Waals surface area contributed by atoms with Crippen molar-refractivity contribution in [2.24, 2.45) is 0 Å². The number of rotatable bonds is 5. The molecule has 0 radical (unpaired) electrons. The fraction of sp³-hybridized carbons (Fsp3) is 0.143. The summed E-state index contributed by atoms with van der Waals surface area (Å²) in [6.45, 7) is 0. The Hall–Kier alpha value is -2.92. The second kappa shape index (κ2) is 7.14. The number of hydrogen-bond donors (Lipinski definition) is 1. The van der Waals surface area contributed by atoms with Crippen molar-refractivity contribution in [3.05, 3.63) is 76.0 Å². The van der Waals surface area contributed by atoms with Crippen molar-refractivity contribution >= 4 is 44.0 Å². The molecule has 0 fully saturated rings. The zero-order chi connectivity index (χ0) is 17.9. The SMILES string of the molecule is O=C(CCCc1ccccc1)Nc1scc2c(=O)oc3ccccc3c12. The molecule has 0 bridgehead atoms. The van der Waals surface area contributed by atoms with Crippen LogP contribution in [0.3, 0.4) is 0 Å². The van der Waals surface area contributed by atoms with Crippen LogP contribution in [0.1, 0.15) is 18.4 Å². The molecule has 0 saturated heterocycles. The Morgan fingerprint density at radius 2 is 1.77 bits per heavy atom. The van der Waals surface area contributed by atoms with Crippen LogP contribution in [0, 0.1) is 0 Å². The summed E-state index contributed by atoms with van der Waals surface area (Å²) in [5, 5.41) is 7.52. The molecule has 2 aromatic heterocycles. The minimum atomic E-state index is -0.375. The molecule has 5 heteroatoms. The topological polar surface area (TPSA) is 59.3 Å². The zero-order valence-corrected chi connectivity index (χ0v) is 14.8. The number of carbonyl (C=O) groups excluding carboxylic acids is 1. The van der Waals surface area contributed by atoms with Gasteiger partial charge in [-0.2, -0.15) is 0 Å². The van der Waals surface area contributed by atoms with Gasteiger partial charge in [-0.3, -0.25) is 4.79 Å². The minimum absolute atomic E-state index is 0.0398. The lowest BCUT2D eigenvalue weighted by Gasteiger charge is -2.05. The molecule has 26 heavy (non-hydrogen) atoms. The normalized spacial score (nSPS) is 11.1. The highest BCUT2D eigenvalue weighted by Gasteiger charge is 2.15. The Kier molecular flexibility index (Phi) is 4.54. The second-order valence-electron chi connectivity index (χ2n) is 6.13. The Morgan fingerprint density at radius 3 is 2.62 bits per heavy atom. The van der Waals surface area contributed by atoms with Crippen LogP contribution in [0.15, 0.2) is 69.2 Å². The molecular formula is C21H17NO3S. The van der Waals surface area contributed by atoms with Crippen molar-refractivity contribution < 1.29 is 9.21 Å². The van der Waals surface area contributed by atoms with Gasteiger partial charge in [0.05, 0.1) is 5.39 Å². The zero-order valence-electron chi connectivity index (χ0n) is 14.0. The molecule has 1 amide bonds. The van der Waals surface area contributed by atoms with Gasteiger partial charge in [0, 0.05) is 22.6 Å². The lowest BCUT2D eigenvalue weighted by atomic mass is 10.1. The van der Waals surface area contributed by atoms with Crippen molar-refractivity contribution in [1.29, 1.82) is 0 Å². The lowest BCUT2D eigenvalue weighted by Crippen LogP contribution is -2.11. The van der Waals surface area contributed by atoms with Gasteiger partial charge in [0.1, 0.15) is 10.6 Å². The number of aryl methyl sites for hydroxylation is 1. The second-order valence-corrected chi connectivity index (χ2v) is 7.01.